The Morgan fingerprint density at radius 3 is 2.47 bits per heavy atom. The quantitative estimate of drug-likeness (QED) is 0.830. The number of amides is 1. The molecule has 1 aliphatic heterocycles. The number of nitrogens with zero attached hydrogens (tertiary/aromatic N) is 1. The van der Waals surface area contributed by atoms with Crippen molar-refractivity contribution in [2.45, 2.75) is 20.3 Å². The number of benzene rings is 1. The third kappa shape index (κ3) is 2.52. The minimum Gasteiger partial charge on any atom is -0.312 e. The lowest BCUT2D eigenvalue weighted by molar-refractivity contribution is -0.117. The molecule has 1 unspecified atom stereocenters. The van der Waals surface area contributed by atoms with Gasteiger partial charge in [0.1, 0.15) is 0 Å². The third-order valence-electron chi connectivity index (χ3n) is 3.20. The Morgan fingerprint density at radius 1 is 1.41 bits per heavy atom. The van der Waals surface area contributed by atoms with Crippen molar-refractivity contribution in [3.63, 3.8) is 0 Å². The molecule has 2 rings (SSSR count). The number of anilines is 1. The average molecular weight is 314 g/mol. The van der Waals surface area contributed by atoms with Crippen molar-refractivity contribution < 1.29 is 4.79 Å². The first-order valence-electron chi connectivity index (χ1n) is 5.71. The Bertz CT molecular complexity index is 438. The molecule has 1 amide bonds. The Balaban J connectivity index is 2.32. The Hall–Kier alpha value is -0.480. The van der Waals surface area contributed by atoms with Crippen LogP contribution in [0.1, 0.15) is 17.5 Å². The summed E-state index contributed by atoms with van der Waals surface area (Å²) in [6.45, 7) is 4.90. The van der Waals surface area contributed by atoms with E-state index in [1.807, 2.05) is 4.90 Å². The van der Waals surface area contributed by atoms with Gasteiger partial charge in [-0.25, -0.2) is 0 Å². The van der Waals surface area contributed by atoms with E-state index < -0.39 is 0 Å². The fraction of sp³-hybridized carbons (Fsp3) is 0.462. The lowest BCUT2D eigenvalue weighted by Gasteiger charge is -2.18. The second kappa shape index (κ2) is 5.02. The highest BCUT2D eigenvalue weighted by molar-refractivity contribution is 9.10. The lowest BCUT2D eigenvalue weighted by Crippen LogP contribution is -2.24. The molecule has 0 bridgehead atoms. The van der Waals surface area contributed by atoms with Crippen LogP contribution in [0.3, 0.4) is 0 Å². The standard InChI is InChI=1S/C13H16BrNOS/c1-8-3-11(4-9(2)13(8)14)15-6-10(7-17)5-12(15)16/h3-4,10,17H,5-7H2,1-2H3. The topological polar surface area (TPSA) is 20.3 Å². The maximum atomic E-state index is 11.9. The van der Waals surface area contributed by atoms with Gasteiger partial charge in [0.25, 0.3) is 0 Å². The number of rotatable bonds is 2. The van der Waals surface area contributed by atoms with Crippen molar-refractivity contribution in [2.24, 2.45) is 5.92 Å². The molecule has 1 aromatic rings. The molecule has 0 aliphatic carbocycles. The zero-order chi connectivity index (χ0) is 12.6. The molecule has 1 aliphatic rings. The van der Waals surface area contributed by atoms with Crippen LogP contribution < -0.4 is 4.90 Å². The molecule has 2 nitrogen and oxygen atoms in total. The number of hydrogen-bond donors (Lipinski definition) is 1. The number of carbonyl (C=O) groups excluding carboxylic acids is 1. The maximum Gasteiger partial charge on any atom is 0.227 e. The number of thiol groups is 1. The molecule has 0 N–H and O–H groups in total. The number of carbonyl (C=O) groups is 1. The fourth-order valence-electron chi connectivity index (χ4n) is 2.23. The van der Waals surface area contributed by atoms with E-state index in [9.17, 15) is 4.79 Å². The summed E-state index contributed by atoms with van der Waals surface area (Å²) in [5.41, 5.74) is 3.35. The van der Waals surface area contributed by atoms with Crippen LogP contribution in [0.2, 0.25) is 0 Å². The molecule has 1 fully saturated rings. The van der Waals surface area contributed by atoms with Crippen LogP contribution in [0.15, 0.2) is 16.6 Å². The monoisotopic (exact) mass is 313 g/mol. The van der Waals surface area contributed by atoms with E-state index in [0.29, 0.717) is 12.3 Å². The van der Waals surface area contributed by atoms with E-state index >= 15 is 0 Å². The molecule has 4 heteroatoms. The van der Waals surface area contributed by atoms with Crippen LogP contribution in [-0.4, -0.2) is 18.2 Å². The molecular formula is C13H16BrNOS. The van der Waals surface area contributed by atoms with Crippen LogP contribution in [0.4, 0.5) is 5.69 Å². The summed E-state index contributed by atoms with van der Waals surface area (Å²) >= 11 is 7.83. The van der Waals surface area contributed by atoms with E-state index in [2.05, 4.69) is 54.5 Å². The molecule has 92 valence electrons. The van der Waals surface area contributed by atoms with Gasteiger partial charge in [-0.15, -0.1) is 0 Å². The number of hydrogen-bond acceptors (Lipinski definition) is 2. The molecule has 0 aromatic heterocycles. The Labute approximate surface area is 116 Å². The van der Waals surface area contributed by atoms with Gasteiger partial charge in [-0.3, -0.25) is 4.79 Å². The molecule has 1 atom stereocenters. The van der Waals surface area contributed by atoms with Gasteiger partial charge in [-0.1, -0.05) is 15.9 Å². The van der Waals surface area contributed by atoms with Crippen molar-refractivity contribution in [3.8, 4) is 0 Å². The molecule has 0 saturated carbocycles. The fourth-order valence-corrected chi connectivity index (χ4v) is 2.71. The van der Waals surface area contributed by atoms with Crippen LogP contribution in [0.25, 0.3) is 0 Å². The zero-order valence-electron chi connectivity index (χ0n) is 10.0. The van der Waals surface area contributed by atoms with Crippen molar-refractivity contribution >= 4 is 40.2 Å². The third-order valence-corrected chi connectivity index (χ3v) is 4.96. The Morgan fingerprint density at radius 2 is 2.00 bits per heavy atom. The highest BCUT2D eigenvalue weighted by Crippen LogP contribution is 2.31. The molecule has 17 heavy (non-hydrogen) atoms. The summed E-state index contributed by atoms with van der Waals surface area (Å²) in [4.78, 5) is 13.8. The second-order valence-electron chi connectivity index (χ2n) is 4.65. The first-order valence-corrected chi connectivity index (χ1v) is 7.13. The van der Waals surface area contributed by atoms with Crippen molar-refractivity contribution in [1.29, 1.82) is 0 Å². The SMILES string of the molecule is Cc1cc(N2CC(CS)CC2=O)cc(C)c1Br. The van der Waals surface area contributed by atoms with Crippen molar-refractivity contribution in [2.75, 3.05) is 17.2 Å². The second-order valence-corrected chi connectivity index (χ2v) is 5.81. The van der Waals surface area contributed by atoms with Gasteiger partial charge >= 0.3 is 0 Å². The molecule has 1 saturated heterocycles. The summed E-state index contributed by atoms with van der Waals surface area (Å²) in [7, 11) is 0. The van der Waals surface area contributed by atoms with Gasteiger partial charge in [-0.2, -0.15) is 12.6 Å². The highest BCUT2D eigenvalue weighted by Gasteiger charge is 2.29. The highest BCUT2D eigenvalue weighted by atomic mass is 79.9. The molecule has 1 heterocycles. The van der Waals surface area contributed by atoms with E-state index in [4.69, 9.17) is 0 Å². The normalized spacial score (nSPS) is 20.1. The Kier molecular flexibility index (Phi) is 3.83. The van der Waals surface area contributed by atoms with Crippen LogP contribution >= 0.6 is 28.6 Å². The maximum absolute atomic E-state index is 11.9. The zero-order valence-corrected chi connectivity index (χ0v) is 12.5. The van der Waals surface area contributed by atoms with Crippen LogP contribution in [0, 0.1) is 19.8 Å². The smallest absolute Gasteiger partial charge is 0.227 e. The summed E-state index contributed by atoms with van der Waals surface area (Å²) in [6, 6.07) is 4.13. The van der Waals surface area contributed by atoms with Crippen molar-refractivity contribution in [1.82, 2.24) is 0 Å². The number of halogens is 1. The average Bonchev–Trinajstić information content (AvgIpc) is 2.67. The predicted octanol–water partition coefficient (Wildman–Crippen LogP) is 3.35. The number of aryl methyl sites for hydroxylation is 2. The predicted molar refractivity (Wildman–Crippen MR) is 77.9 cm³/mol. The summed E-state index contributed by atoms with van der Waals surface area (Å²) < 4.78 is 1.12. The summed E-state index contributed by atoms with van der Waals surface area (Å²) in [5.74, 6) is 1.37. The first-order chi connectivity index (χ1) is 8.02. The van der Waals surface area contributed by atoms with E-state index in [0.717, 1.165) is 22.5 Å². The van der Waals surface area contributed by atoms with E-state index in [1.165, 1.54) is 11.1 Å². The van der Waals surface area contributed by atoms with Gasteiger partial charge in [0, 0.05) is 23.1 Å². The minimum atomic E-state index is 0.213. The van der Waals surface area contributed by atoms with Gasteiger partial charge in [0.2, 0.25) is 5.91 Å². The van der Waals surface area contributed by atoms with Gasteiger partial charge < -0.3 is 4.90 Å². The molecule has 0 radical (unpaired) electrons. The molecule has 1 aromatic carbocycles. The van der Waals surface area contributed by atoms with Gasteiger partial charge in [0.05, 0.1) is 0 Å². The van der Waals surface area contributed by atoms with Crippen LogP contribution in [-0.2, 0) is 4.79 Å². The van der Waals surface area contributed by atoms with E-state index in [-0.39, 0.29) is 5.91 Å². The molecular weight excluding hydrogens is 298 g/mol. The first kappa shape index (κ1) is 13.0. The largest absolute Gasteiger partial charge is 0.312 e. The molecule has 0 spiro atoms. The summed E-state index contributed by atoms with van der Waals surface area (Å²) in [5, 5.41) is 0. The lowest BCUT2D eigenvalue weighted by atomic mass is 10.1. The summed E-state index contributed by atoms with van der Waals surface area (Å²) in [6.07, 6.45) is 0.623. The van der Waals surface area contributed by atoms with Gasteiger partial charge in [-0.05, 0) is 48.8 Å². The van der Waals surface area contributed by atoms with E-state index in [1.54, 1.807) is 0 Å². The van der Waals surface area contributed by atoms with Gasteiger partial charge in [0.15, 0.2) is 0 Å². The van der Waals surface area contributed by atoms with Crippen LogP contribution in [0.5, 0.6) is 0 Å². The minimum absolute atomic E-state index is 0.213. The van der Waals surface area contributed by atoms with Crippen molar-refractivity contribution in [3.05, 3.63) is 27.7 Å².